The number of hydrogen-bond donors (Lipinski definition) is 1. The van der Waals surface area contributed by atoms with Gasteiger partial charge in [0, 0.05) is 4.88 Å². The minimum atomic E-state index is -0.0451. The number of thiazole rings is 1. The normalized spacial score (nSPS) is 10.6. The van der Waals surface area contributed by atoms with Crippen molar-refractivity contribution in [1.82, 2.24) is 9.88 Å². The quantitative estimate of drug-likeness (QED) is 0.915. The summed E-state index contributed by atoms with van der Waals surface area (Å²) < 4.78 is 0.794. The Labute approximate surface area is 95.5 Å². The first-order valence-corrected chi connectivity index (χ1v) is 5.67. The molecular weight excluding hydrogens is 266 g/mol. The van der Waals surface area contributed by atoms with Gasteiger partial charge in [0.2, 0.25) is 5.91 Å². The number of aryl methyl sites for hydroxylation is 1. The fourth-order valence-electron chi connectivity index (χ4n) is 0.877. The lowest BCUT2D eigenvalue weighted by Crippen LogP contribution is -2.26. The van der Waals surface area contributed by atoms with Crippen LogP contribution in [0.5, 0.6) is 0 Å². The molecule has 1 amide bonds. The number of halogens is 1. The molecule has 14 heavy (non-hydrogen) atoms. The van der Waals surface area contributed by atoms with E-state index >= 15 is 0 Å². The van der Waals surface area contributed by atoms with Gasteiger partial charge in [-0.05, 0) is 36.9 Å². The molecule has 0 spiro atoms. The van der Waals surface area contributed by atoms with E-state index in [2.05, 4.69) is 26.2 Å². The van der Waals surface area contributed by atoms with Crippen LogP contribution in [0.25, 0.3) is 0 Å². The van der Waals surface area contributed by atoms with E-state index in [1.165, 1.54) is 11.3 Å². The second-order valence-corrected chi connectivity index (χ2v) is 5.11. The summed E-state index contributed by atoms with van der Waals surface area (Å²) in [5, 5.41) is 3.37. The Morgan fingerprint density at radius 2 is 2.29 bits per heavy atom. The fraction of sp³-hybridized carbons (Fsp3) is 0.500. The highest BCUT2D eigenvalue weighted by Gasteiger charge is 2.08. The van der Waals surface area contributed by atoms with Gasteiger partial charge in [-0.25, -0.2) is 4.98 Å². The van der Waals surface area contributed by atoms with E-state index in [1.54, 1.807) is 0 Å². The summed E-state index contributed by atoms with van der Waals surface area (Å²) in [6.07, 6.45) is 0. The molecule has 0 atom stereocenters. The SMILES string of the molecule is Cc1sc(NC(=O)CN(C)C)nc1Br. The molecule has 0 saturated heterocycles. The highest BCUT2D eigenvalue weighted by atomic mass is 79.9. The van der Waals surface area contributed by atoms with E-state index in [4.69, 9.17) is 0 Å². The number of likely N-dealkylation sites (N-methyl/N-ethyl adjacent to an activating group) is 1. The van der Waals surface area contributed by atoms with E-state index in [9.17, 15) is 4.79 Å². The summed E-state index contributed by atoms with van der Waals surface area (Å²) in [5.41, 5.74) is 0. The first kappa shape index (κ1) is 11.6. The Balaban J connectivity index is 2.56. The largest absolute Gasteiger partial charge is 0.301 e. The van der Waals surface area contributed by atoms with Crippen molar-refractivity contribution in [2.75, 3.05) is 26.0 Å². The first-order valence-electron chi connectivity index (χ1n) is 4.06. The summed E-state index contributed by atoms with van der Waals surface area (Å²) in [7, 11) is 3.70. The van der Waals surface area contributed by atoms with E-state index in [-0.39, 0.29) is 5.91 Å². The zero-order chi connectivity index (χ0) is 10.7. The first-order chi connectivity index (χ1) is 6.49. The molecular formula is C8H12BrN3OS. The summed E-state index contributed by atoms with van der Waals surface area (Å²) in [6, 6.07) is 0. The molecule has 1 rings (SSSR count). The van der Waals surface area contributed by atoms with Crippen LogP contribution in [0.1, 0.15) is 4.88 Å². The van der Waals surface area contributed by atoms with E-state index < -0.39 is 0 Å². The van der Waals surface area contributed by atoms with Crippen LogP contribution in [0.4, 0.5) is 5.13 Å². The third-order valence-corrected chi connectivity index (χ3v) is 3.37. The molecule has 1 N–H and O–H groups in total. The molecule has 6 heteroatoms. The number of carbonyl (C=O) groups is 1. The van der Waals surface area contributed by atoms with Crippen LogP contribution >= 0.6 is 27.3 Å². The molecule has 0 aliphatic rings. The van der Waals surface area contributed by atoms with Crippen molar-refractivity contribution >= 4 is 38.3 Å². The lowest BCUT2D eigenvalue weighted by Gasteiger charge is -2.07. The highest BCUT2D eigenvalue weighted by molar-refractivity contribution is 9.10. The summed E-state index contributed by atoms with van der Waals surface area (Å²) in [5.74, 6) is -0.0451. The molecule has 0 saturated carbocycles. The molecule has 0 radical (unpaired) electrons. The standard InChI is InChI=1S/C8H12BrN3OS/c1-5-7(9)11-8(14-5)10-6(13)4-12(2)3/h4H2,1-3H3,(H,10,11,13). The Bertz CT molecular complexity index is 318. The summed E-state index contributed by atoms with van der Waals surface area (Å²) >= 11 is 4.76. The number of nitrogens with one attached hydrogen (secondary N) is 1. The second kappa shape index (κ2) is 4.86. The van der Waals surface area contributed by atoms with Crippen LogP contribution in [-0.2, 0) is 4.79 Å². The number of hydrogen-bond acceptors (Lipinski definition) is 4. The Hall–Kier alpha value is -0.460. The molecule has 1 aromatic rings. The molecule has 1 aromatic heterocycles. The number of anilines is 1. The van der Waals surface area contributed by atoms with Crippen molar-refractivity contribution in [3.8, 4) is 0 Å². The van der Waals surface area contributed by atoms with Gasteiger partial charge in [0.1, 0.15) is 4.60 Å². The molecule has 0 fully saturated rings. The molecule has 0 aromatic carbocycles. The maximum absolute atomic E-state index is 11.3. The van der Waals surface area contributed by atoms with E-state index in [0.717, 1.165) is 9.48 Å². The minimum absolute atomic E-state index is 0.0451. The van der Waals surface area contributed by atoms with Gasteiger partial charge < -0.3 is 10.2 Å². The maximum Gasteiger partial charge on any atom is 0.240 e. The summed E-state index contributed by atoms with van der Waals surface area (Å²) in [6.45, 7) is 2.32. The zero-order valence-electron chi connectivity index (χ0n) is 8.30. The number of rotatable bonds is 3. The van der Waals surface area contributed by atoms with E-state index in [0.29, 0.717) is 11.7 Å². The maximum atomic E-state index is 11.3. The predicted molar refractivity (Wildman–Crippen MR) is 61.7 cm³/mol. The monoisotopic (exact) mass is 277 g/mol. The van der Waals surface area contributed by atoms with Gasteiger partial charge in [-0.15, -0.1) is 11.3 Å². The average molecular weight is 278 g/mol. The second-order valence-electron chi connectivity index (χ2n) is 3.15. The van der Waals surface area contributed by atoms with Gasteiger partial charge in [0.25, 0.3) is 0 Å². The van der Waals surface area contributed by atoms with Crippen molar-refractivity contribution in [1.29, 1.82) is 0 Å². The molecule has 0 aliphatic carbocycles. The topological polar surface area (TPSA) is 45.2 Å². The third kappa shape index (κ3) is 3.36. The van der Waals surface area contributed by atoms with Gasteiger partial charge in [-0.1, -0.05) is 0 Å². The van der Waals surface area contributed by atoms with Crippen LogP contribution in [0.15, 0.2) is 4.60 Å². The van der Waals surface area contributed by atoms with Crippen LogP contribution < -0.4 is 5.32 Å². The highest BCUT2D eigenvalue weighted by Crippen LogP contribution is 2.25. The lowest BCUT2D eigenvalue weighted by atomic mass is 10.5. The molecule has 0 unspecified atom stereocenters. The van der Waals surface area contributed by atoms with E-state index in [1.807, 2.05) is 25.9 Å². The van der Waals surface area contributed by atoms with Crippen molar-refractivity contribution < 1.29 is 4.79 Å². The number of carbonyl (C=O) groups excluding carboxylic acids is 1. The molecule has 0 bridgehead atoms. The van der Waals surface area contributed by atoms with Gasteiger partial charge in [0.15, 0.2) is 5.13 Å². The molecule has 0 aliphatic heterocycles. The smallest absolute Gasteiger partial charge is 0.240 e. The third-order valence-electron chi connectivity index (χ3n) is 1.45. The van der Waals surface area contributed by atoms with Crippen molar-refractivity contribution in [2.45, 2.75) is 6.92 Å². The van der Waals surface area contributed by atoms with Crippen molar-refractivity contribution in [3.05, 3.63) is 9.48 Å². The van der Waals surface area contributed by atoms with Crippen LogP contribution in [0.3, 0.4) is 0 Å². The lowest BCUT2D eigenvalue weighted by molar-refractivity contribution is -0.116. The summed E-state index contributed by atoms with van der Waals surface area (Å²) in [4.78, 5) is 18.4. The fourth-order valence-corrected chi connectivity index (χ4v) is 2.14. The zero-order valence-corrected chi connectivity index (χ0v) is 10.7. The van der Waals surface area contributed by atoms with Crippen molar-refractivity contribution in [3.63, 3.8) is 0 Å². The van der Waals surface area contributed by atoms with Gasteiger partial charge in [-0.3, -0.25) is 4.79 Å². The molecule has 1 heterocycles. The van der Waals surface area contributed by atoms with Gasteiger partial charge in [0.05, 0.1) is 6.54 Å². The Kier molecular flexibility index (Phi) is 4.03. The number of aromatic nitrogens is 1. The van der Waals surface area contributed by atoms with Crippen LogP contribution in [-0.4, -0.2) is 36.4 Å². The molecule has 4 nitrogen and oxygen atoms in total. The van der Waals surface area contributed by atoms with Crippen LogP contribution in [0, 0.1) is 6.92 Å². The number of nitrogens with zero attached hydrogens (tertiary/aromatic N) is 2. The average Bonchev–Trinajstić information content (AvgIpc) is 2.28. The van der Waals surface area contributed by atoms with Crippen LogP contribution in [0.2, 0.25) is 0 Å². The van der Waals surface area contributed by atoms with Gasteiger partial charge in [-0.2, -0.15) is 0 Å². The molecule has 78 valence electrons. The Morgan fingerprint density at radius 1 is 1.64 bits per heavy atom. The minimum Gasteiger partial charge on any atom is -0.301 e. The Morgan fingerprint density at radius 3 is 2.71 bits per heavy atom. The van der Waals surface area contributed by atoms with Gasteiger partial charge >= 0.3 is 0 Å². The van der Waals surface area contributed by atoms with Crippen molar-refractivity contribution in [2.24, 2.45) is 0 Å². The predicted octanol–water partition coefficient (Wildman–Crippen LogP) is 1.71. The number of amides is 1.